The van der Waals surface area contributed by atoms with Gasteiger partial charge in [-0.15, -0.1) is 0 Å². The third kappa shape index (κ3) is 3.46. The molecule has 1 aliphatic rings. The van der Waals surface area contributed by atoms with Crippen molar-refractivity contribution >= 4 is 17.6 Å². The van der Waals surface area contributed by atoms with Gasteiger partial charge < -0.3 is 15.2 Å². The molecule has 0 unspecified atom stereocenters. The van der Waals surface area contributed by atoms with E-state index in [1.807, 2.05) is 7.05 Å². The van der Waals surface area contributed by atoms with E-state index in [9.17, 15) is 4.79 Å². The Balaban J connectivity index is 1.85. The standard InChI is InChI=1S/C17H17ClN2O3/c1-19-17(5-6-17)10-23-13-8-14(15(18)20-9-13)11-3-2-4-12(7-11)16(21)22/h2-4,7-9,19H,5-6,10H2,1H3,(H,21,22). The van der Waals surface area contributed by atoms with Crippen molar-refractivity contribution < 1.29 is 14.6 Å². The normalized spacial score (nSPS) is 15.2. The minimum atomic E-state index is -0.979. The molecule has 0 saturated heterocycles. The molecule has 1 fully saturated rings. The Morgan fingerprint density at radius 2 is 2.22 bits per heavy atom. The van der Waals surface area contributed by atoms with E-state index in [2.05, 4.69) is 10.3 Å². The van der Waals surface area contributed by atoms with Crippen LogP contribution in [0.5, 0.6) is 5.75 Å². The average molecular weight is 333 g/mol. The van der Waals surface area contributed by atoms with Crippen molar-refractivity contribution in [1.29, 1.82) is 0 Å². The van der Waals surface area contributed by atoms with Crippen LogP contribution in [0.2, 0.25) is 5.15 Å². The summed E-state index contributed by atoms with van der Waals surface area (Å²) in [5.41, 5.74) is 1.63. The number of benzene rings is 1. The molecule has 0 radical (unpaired) electrons. The number of carboxylic acids is 1. The highest BCUT2D eigenvalue weighted by molar-refractivity contribution is 6.32. The number of aromatic nitrogens is 1. The summed E-state index contributed by atoms with van der Waals surface area (Å²) in [5.74, 6) is -0.361. The van der Waals surface area contributed by atoms with E-state index in [0.29, 0.717) is 28.6 Å². The number of pyridine rings is 1. The highest BCUT2D eigenvalue weighted by atomic mass is 35.5. The Morgan fingerprint density at radius 1 is 1.43 bits per heavy atom. The number of carboxylic acid groups (broad SMARTS) is 1. The van der Waals surface area contributed by atoms with Crippen LogP contribution in [-0.2, 0) is 0 Å². The monoisotopic (exact) mass is 332 g/mol. The summed E-state index contributed by atoms with van der Waals surface area (Å²) in [7, 11) is 1.93. The van der Waals surface area contributed by atoms with Crippen LogP contribution in [-0.4, -0.2) is 35.3 Å². The number of halogens is 1. The van der Waals surface area contributed by atoms with Gasteiger partial charge in [0.15, 0.2) is 0 Å². The maximum Gasteiger partial charge on any atom is 0.335 e. The lowest BCUT2D eigenvalue weighted by Gasteiger charge is -2.16. The Hall–Kier alpha value is -2.11. The van der Waals surface area contributed by atoms with Gasteiger partial charge in [0.25, 0.3) is 0 Å². The number of aromatic carboxylic acids is 1. The first kappa shape index (κ1) is 15.8. The maximum absolute atomic E-state index is 11.1. The highest BCUT2D eigenvalue weighted by Gasteiger charge is 2.41. The average Bonchev–Trinajstić information content (AvgIpc) is 3.35. The Kier molecular flexibility index (Phi) is 4.24. The minimum Gasteiger partial charge on any atom is -0.490 e. The zero-order valence-electron chi connectivity index (χ0n) is 12.7. The molecule has 1 heterocycles. The van der Waals surface area contributed by atoms with E-state index < -0.39 is 5.97 Å². The number of carbonyl (C=O) groups is 1. The number of nitrogens with one attached hydrogen (secondary N) is 1. The smallest absolute Gasteiger partial charge is 0.335 e. The van der Waals surface area contributed by atoms with E-state index in [0.717, 1.165) is 12.8 Å². The lowest BCUT2D eigenvalue weighted by molar-refractivity contribution is 0.0697. The maximum atomic E-state index is 11.1. The number of rotatable bonds is 6. The summed E-state index contributed by atoms with van der Waals surface area (Å²) in [4.78, 5) is 15.3. The van der Waals surface area contributed by atoms with Crippen molar-refractivity contribution in [3.05, 3.63) is 47.2 Å². The van der Waals surface area contributed by atoms with Gasteiger partial charge in [0, 0.05) is 5.56 Å². The van der Waals surface area contributed by atoms with Gasteiger partial charge in [-0.05, 0) is 43.7 Å². The quantitative estimate of drug-likeness (QED) is 0.795. The van der Waals surface area contributed by atoms with E-state index in [4.69, 9.17) is 21.4 Å². The molecule has 0 aliphatic heterocycles. The second-order valence-electron chi connectivity index (χ2n) is 5.71. The van der Waals surface area contributed by atoms with E-state index in [1.165, 1.54) is 6.07 Å². The largest absolute Gasteiger partial charge is 0.490 e. The zero-order chi connectivity index (χ0) is 16.4. The predicted molar refractivity (Wildman–Crippen MR) is 88.2 cm³/mol. The molecule has 5 nitrogen and oxygen atoms in total. The van der Waals surface area contributed by atoms with Crippen molar-refractivity contribution in [1.82, 2.24) is 10.3 Å². The molecule has 0 spiro atoms. The second-order valence-corrected chi connectivity index (χ2v) is 6.07. The Bertz CT molecular complexity index is 744. The summed E-state index contributed by atoms with van der Waals surface area (Å²) in [6, 6.07) is 8.39. The third-order valence-electron chi connectivity index (χ3n) is 4.13. The summed E-state index contributed by atoms with van der Waals surface area (Å²) in [6.07, 6.45) is 3.77. The molecule has 120 valence electrons. The molecular formula is C17H17ClN2O3. The molecule has 1 aromatic carbocycles. The fourth-order valence-electron chi connectivity index (χ4n) is 2.37. The van der Waals surface area contributed by atoms with Gasteiger partial charge in [-0.3, -0.25) is 0 Å². The van der Waals surface area contributed by atoms with Gasteiger partial charge in [0.1, 0.15) is 17.5 Å². The number of hydrogen-bond acceptors (Lipinski definition) is 4. The van der Waals surface area contributed by atoms with Crippen molar-refractivity contribution in [2.75, 3.05) is 13.7 Å². The van der Waals surface area contributed by atoms with Crippen LogP contribution < -0.4 is 10.1 Å². The summed E-state index contributed by atoms with van der Waals surface area (Å²) < 4.78 is 5.82. The van der Waals surface area contributed by atoms with Crippen molar-refractivity contribution in [2.24, 2.45) is 0 Å². The van der Waals surface area contributed by atoms with Gasteiger partial charge in [0.2, 0.25) is 0 Å². The molecule has 0 amide bonds. The number of hydrogen-bond donors (Lipinski definition) is 2. The lowest BCUT2D eigenvalue weighted by atomic mass is 10.0. The molecule has 23 heavy (non-hydrogen) atoms. The second kappa shape index (κ2) is 6.18. The van der Waals surface area contributed by atoms with Crippen molar-refractivity contribution in [3.8, 4) is 16.9 Å². The van der Waals surface area contributed by atoms with Crippen LogP contribution in [0, 0.1) is 0 Å². The van der Waals surface area contributed by atoms with Gasteiger partial charge in [-0.1, -0.05) is 23.7 Å². The van der Waals surface area contributed by atoms with Crippen molar-refractivity contribution in [3.63, 3.8) is 0 Å². The van der Waals surface area contributed by atoms with Crippen LogP contribution in [0.1, 0.15) is 23.2 Å². The summed E-state index contributed by atoms with van der Waals surface area (Å²) in [6.45, 7) is 0.571. The lowest BCUT2D eigenvalue weighted by Crippen LogP contribution is -2.33. The molecule has 0 atom stereocenters. The Morgan fingerprint density at radius 3 is 2.87 bits per heavy atom. The van der Waals surface area contributed by atoms with Gasteiger partial charge in [0.05, 0.1) is 17.3 Å². The fourth-order valence-corrected chi connectivity index (χ4v) is 2.58. The third-order valence-corrected chi connectivity index (χ3v) is 4.43. The molecule has 1 aromatic heterocycles. The molecule has 1 aliphatic carbocycles. The van der Waals surface area contributed by atoms with Crippen molar-refractivity contribution in [2.45, 2.75) is 18.4 Å². The van der Waals surface area contributed by atoms with Crippen LogP contribution in [0.3, 0.4) is 0 Å². The highest BCUT2D eigenvalue weighted by Crippen LogP contribution is 2.36. The number of ether oxygens (including phenoxy) is 1. The molecular weight excluding hydrogens is 316 g/mol. The predicted octanol–water partition coefficient (Wildman–Crippen LogP) is 3.23. The molecule has 1 saturated carbocycles. The SMILES string of the molecule is CNC1(COc2cnc(Cl)c(-c3cccc(C(=O)O)c3)c2)CC1. The van der Waals surface area contributed by atoms with E-state index in [-0.39, 0.29) is 11.1 Å². The Labute approximate surface area is 139 Å². The molecule has 0 bridgehead atoms. The minimum absolute atomic E-state index is 0.0724. The first-order chi connectivity index (χ1) is 11.0. The van der Waals surface area contributed by atoms with Crippen LogP contribution in [0.25, 0.3) is 11.1 Å². The number of likely N-dealkylation sites (N-methyl/N-ethyl adjacent to an activating group) is 1. The molecule has 6 heteroatoms. The topological polar surface area (TPSA) is 71.5 Å². The van der Waals surface area contributed by atoms with Crippen LogP contribution in [0.15, 0.2) is 36.5 Å². The summed E-state index contributed by atoms with van der Waals surface area (Å²) in [5, 5.41) is 12.7. The zero-order valence-corrected chi connectivity index (χ0v) is 13.4. The number of nitrogens with zero attached hydrogens (tertiary/aromatic N) is 1. The first-order valence-electron chi connectivity index (χ1n) is 7.34. The van der Waals surface area contributed by atoms with Crippen LogP contribution >= 0.6 is 11.6 Å². The summed E-state index contributed by atoms with van der Waals surface area (Å²) >= 11 is 6.17. The first-order valence-corrected chi connectivity index (χ1v) is 7.72. The van der Waals surface area contributed by atoms with Crippen LogP contribution in [0.4, 0.5) is 0 Å². The van der Waals surface area contributed by atoms with E-state index >= 15 is 0 Å². The van der Waals surface area contributed by atoms with E-state index in [1.54, 1.807) is 30.5 Å². The molecule has 3 rings (SSSR count). The molecule has 2 aromatic rings. The van der Waals surface area contributed by atoms with Gasteiger partial charge in [-0.25, -0.2) is 9.78 Å². The van der Waals surface area contributed by atoms with Gasteiger partial charge >= 0.3 is 5.97 Å². The van der Waals surface area contributed by atoms with Gasteiger partial charge in [-0.2, -0.15) is 0 Å². The fraction of sp³-hybridized carbons (Fsp3) is 0.294. The molecule has 2 N–H and O–H groups in total.